The van der Waals surface area contributed by atoms with Crippen molar-refractivity contribution in [2.24, 2.45) is 5.92 Å². The van der Waals surface area contributed by atoms with Gasteiger partial charge in [-0.3, -0.25) is 9.59 Å². The molecule has 0 unspecified atom stereocenters. The molecule has 0 saturated carbocycles. The van der Waals surface area contributed by atoms with E-state index in [-0.39, 0.29) is 6.61 Å². The van der Waals surface area contributed by atoms with Gasteiger partial charge in [0.25, 0.3) is 5.91 Å². The molecule has 0 aromatic rings. The minimum Gasteiger partial charge on any atom is -0.466 e. The molecule has 2 heterocycles. The Bertz CT molecular complexity index is 486. The number of aliphatic hydroxyl groups excluding tert-OH is 1. The molecule has 0 bridgehead atoms. The first-order valence-electron chi connectivity index (χ1n) is 7.93. The van der Waals surface area contributed by atoms with Crippen molar-refractivity contribution in [2.45, 2.75) is 38.3 Å². The van der Waals surface area contributed by atoms with E-state index in [9.17, 15) is 19.5 Å². The highest BCUT2D eigenvalue weighted by atomic mass is 16.6. The third-order valence-corrected chi connectivity index (χ3v) is 4.84. The number of likely N-dealkylation sites (tertiary alicyclic amines) is 2. The fourth-order valence-corrected chi connectivity index (χ4v) is 3.58. The maximum absolute atomic E-state index is 12.3. The first kappa shape index (κ1) is 17.5. The Morgan fingerprint density at radius 1 is 1.22 bits per heavy atom. The van der Waals surface area contributed by atoms with Crippen LogP contribution in [-0.2, 0) is 19.1 Å². The molecule has 2 amide bonds. The Labute approximate surface area is 135 Å². The second kappa shape index (κ2) is 6.74. The van der Waals surface area contributed by atoms with Crippen LogP contribution >= 0.6 is 0 Å². The van der Waals surface area contributed by atoms with Crippen LogP contribution in [0.1, 0.15) is 26.7 Å². The zero-order valence-corrected chi connectivity index (χ0v) is 13.8. The number of carbonyl (C=O) groups is 3. The van der Waals surface area contributed by atoms with Crippen molar-refractivity contribution < 1.29 is 29.0 Å². The number of aliphatic hydroxyl groups is 1. The zero-order valence-electron chi connectivity index (χ0n) is 13.8. The molecule has 0 aromatic carbocycles. The van der Waals surface area contributed by atoms with E-state index in [1.807, 2.05) is 0 Å². The lowest BCUT2D eigenvalue weighted by molar-refractivity contribution is -0.156. The van der Waals surface area contributed by atoms with Crippen LogP contribution in [0.25, 0.3) is 0 Å². The van der Waals surface area contributed by atoms with Crippen molar-refractivity contribution in [3.63, 3.8) is 0 Å². The van der Waals surface area contributed by atoms with Crippen LogP contribution in [0.2, 0.25) is 0 Å². The Morgan fingerprint density at radius 2 is 1.78 bits per heavy atom. The molecule has 2 aliphatic rings. The van der Waals surface area contributed by atoms with Crippen LogP contribution in [0.5, 0.6) is 0 Å². The van der Waals surface area contributed by atoms with E-state index in [1.165, 1.54) is 4.90 Å². The van der Waals surface area contributed by atoms with Gasteiger partial charge in [-0.05, 0) is 26.7 Å². The molecule has 0 radical (unpaired) electrons. The molecule has 23 heavy (non-hydrogen) atoms. The van der Waals surface area contributed by atoms with E-state index in [0.29, 0.717) is 32.5 Å². The second-order valence-corrected chi connectivity index (χ2v) is 5.86. The normalized spacial score (nSPS) is 26.5. The van der Waals surface area contributed by atoms with E-state index in [0.717, 1.165) is 0 Å². The zero-order chi connectivity index (χ0) is 17.2. The van der Waals surface area contributed by atoms with E-state index in [1.54, 1.807) is 25.8 Å². The van der Waals surface area contributed by atoms with Gasteiger partial charge in [0.05, 0.1) is 18.8 Å². The molecule has 2 fully saturated rings. The summed E-state index contributed by atoms with van der Waals surface area (Å²) < 4.78 is 10.0. The lowest BCUT2D eigenvalue weighted by Crippen LogP contribution is -2.57. The Kier molecular flexibility index (Phi) is 5.13. The third-order valence-electron chi connectivity index (χ3n) is 4.84. The Balaban J connectivity index is 2.19. The van der Waals surface area contributed by atoms with Crippen molar-refractivity contribution in [1.82, 2.24) is 9.80 Å². The first-order valence-corrected chi connectivity index (χ1v) is 7.93. The fraction of sp³-hybridized carbons (Fsp3) is 0.800. The number of hydrogen-bond donors (Lipinski definition) is 1. The summed E-state index contributed by atoms with van der Waals surface area (Å²) in [5.74, 6) is -1.97. The van der Waals surface area contributed by atoms with Crippen LogP contribution in [-0.4, -0.2) is 77.9 Å². The summed E-state index contributed by atoms with van der Waals surface area (Å²) in [6.45, 7) is 4.62. The summed E-state index contributed by atoms with van der Waals surface area (Å²) in [7, 11) is 1.59. The van der Waals surface area contributed by atoms with Crippen molar-refractivity contribution in [2.75, 3.05) is 33.4 Å². The van der Waals surface area contributed by atoms with Crippen molar-refractivity contribution in [3.05, 3.63) is 0 Å². The van der Waals surface area contributed by atoms with Crippen molar-refractivity contribution in [1.29, 1.82) is 0 Å². The smallest absolute Gasteiger partial charge is 0.409 e. The van der Waals surface area contributed by atoms with E-state index < -0.39 is 35.5 Å². The van der Waals surface area contributed by atoms with Gasteiger partial charge in [-0.25, -0.2) is 4.79 Å². The second-order valence-electron chi connectivity index (χ2n) is 5.86. The van der Waals surface area contributed by atoms with Crippen LogP contribution in [0.15, 0.2) is 0 Å². The molecule has 1 spiro atoms. The highest BCUT2D eigenvalue weighted by Crippen LogP contribution is 2.43. The molecular formula is C15H24N2O6. The first-order chi connectivity index (χ1) is 10.9. The number of likely N-dealkylation sites (N-methyl/N-ethyl adjacent to an activating group) is 1. The molecule has 2 aliphatic heterocycles. The summed E-state index contributed by atoms with van der Waals surface area (Å²) in [5.41, 5.74) is -0.814. The average Bonchev–Trinajstić information content (AvgIpc) is 2.70. The van der Waals surface area contributed by atoms with Crippen molar-refractivity contribution >= 4 is 18.0 Å². The minimum absolute atomic E-state index is 0.186. The summed E-state index contributed by atoms with van der Waals surface area (Å²) in [6.07, 6.45) is -1.00. The molecule has 0 aromatic heterocycles. The number of amides is 2. The molecule has 1 N–H and O–H groups in total. The third kappa shape index (κ3) is 2.87. The highest BCUT2D eigenvalue weighted by Gasteiger charge is 2.61. The summed E-state index contributed by atoms with van der Waals surface area (Å²) in [6, 6.07) is 0. The Hall–Kier alpha value is -1.83. The van der Waals surface area contributed by atoms with Crippen LogP contribution in [0, 0.1) is 5.92 Å². The van der Waals surface area contributed by atoms with Gasteiger partial charge in [-0.1, -0.05) is 0 Å². The molecule has 8 heteroatoms. The SMILES string of the molecule is CCOC(=O)[C@H]1[C@@H](O)C(=O)N(C)C12CCN(C(=O)OCC)CC2. The van der Waals surface area contributed by atoms with E-state index in [4.69, 9.17) is 9.47 Å². The number of nitrogens with zero attached hydrogens (tertiary/aromatic N) is 2. The van der Waals surface area contributed by atoms with Crippen LogP contribution in [0.3, 0.4) is 0 Å². The molecular weight excluding hydrogens is 304 g/mol. The van der Waals surface area contributed by atoms with E-state index in [2.05, 4.69) is 0 Å². The topological polar surface area (TPSA) is 96.4 Å². The van der Waals surface area contributed by atoms with Gasteiger partial charge >= 0.3 is 12.1 Å². The largest absolute Gasteiger partial charge is 0.466 e. The quantitative estimate of drug-likeness (QED) is 0.732. The summed E-state index contributed by atoms with van der Waals surface area (Å²) in [5, 5.41) is 10.2. The lowest BCUT2D eigenvalue weighted by Gasteiger charge is -2.45. The predicted octanol–water partition coefficient (Wildman–Crippen LogP) is -0.0103. The fourth-order valence-electron chi connectivity index (χ4n) is 3.58. The maximum Gasteiger partial charge on any atom is 0.409 e. The maximum atomic E-state index is 12.3. The molecule has 2 rings (SSSR count). The predicted molar refractivity (Wildman–Crippen MR) is 79.5 cm³/mol. The number of esters is 1. The van der Waals surface area contributed by atoms with Gasteiger partial charge in [0.1, 0.15) is 12.0 Å². The highest BCUT2D eigenvalue weighted by molar-refractivity contribution is 5.92. The number of rotatable bonds is 3. The van der Waals surface area contributed by atoms with Crippen LogP contribution < -0.4 is 0 Å². The van der Waals surface area contributed by atoms with Gasteiger partial charge < -0.3 is 24.4 Å². The molecule has 0 aliphatic carbocycles. The van der Waals surface area contributed by atoms with Gasteiger partial charge in [-0.2, -0.15) is 0 Å². The van der Waals surface area contributed by atoms with Gasteiger partial charge in [-0.15, -0.1) is 0 Å². The van der Waals surface area contributed by atoms with Crippen molar-refractivity contribution in [3.8, 4) is 0 Å². The standard InChI is InChI=1S/C15H24N2O6/c1-4-22-13(20)10-11(18)12(19)16(3)15(10)6-8-17(9-7-15)14(21)23-5-2/h10-11,18H,4-9H2,1-3H3/t10-,11-/m1/s1. The molecule has 8 nitrogen and oxygen atoms in total. The number of carbonyl (C=O) groups excluding carboxylic acids is 3. The lowest BCUT2D eigenvalue weighted by atomic mass is 9.76. The van der Waals surface area contributed by atoms with E-state index >= 15 is 0 Å². The molecule has 2 saturated heterocycles. The van der Waals surface area contributed by atoms with Gasteiger partial charge in [0, 0.05) is 20.1 Å². The minimum atomic E-state index is -1.40. The Morgan fingerprint density at radius 3 is 2.30 bits per heavy atom. The monoisotopic (exact) mass is 328 g/mol. The number of hydrogen-bond acceptors (Lipinski definition) is 6. The molecule has 130 valence electrons. The average molecular weight is 328 g/mol. The number of piperidine rings is 1. The number of ether oxygens (including phenoxy) is 2. The van der Waals surface area contributed by atoms with Gasteiger partial charge in [0.15, 0.2) is 0 Å². The van der Waals surface area contributed by atoms with Crippen LogP contribution in [0.4, 0.5) is 4.79 Å². The molecule has 2 atom stereocenters. The van der Waals surface area contributed by atoms with Gasteiger partial charge in [0.2, 0.25) is 0 Å². The summed E-state index contributed by atoms with van der Waals surface area (Å²) >= 11 is 0. The summed E-state index contributed by atoms with van der Waals surface area (Å²) in [4.78, 5) is 39.3.